The first kappa shape index (κ1) is 15.4. The van der Waals surface area contributed by atoms with E-state index in [1.165, 1.54) is 6.04 Å². The van der Waals surface area contributed by atoms with Crippen LogP contribution in [0.15, 0.2) is 35.2 Å². The average molecular weight is 354 g/mol. The van der Waals surface area contributed by atoms with Gasteiger partial charge in [-0.05, 0) is 34.1 Å². The highest BCUT2D eigenvalue weighted by Gasteiger charge is 2.13. The molecule has 0 radical (unpaired) electrons. The van der Waals surface area contributed by atoms with Crippen LogP contribution in [0.3, 0.4) is 0 Å². The Hall–Kier alpha value is -0.983. The molecular weight excluding hydrogens is 334 g/mol. The second-order valence-electron chi connectivity index (χ2n) is 5.95. The predicted octanol–water partition coefficient (Wildman–Crippen LogP) is 4.02. The third-order valence-electron chi connectivity index (χ3n) is 2.87. The zero-order valence-corrected chi connectivity index (χ0v) is 14.7. The molecule has 2 rings (SSSR count). The Balaban J connectivity index is 1.95. The van der Waals surface area contributed by atoms with Gasteiger partial charge in [-0.25, -0.2) is 4.68 Å². The number of rotatable bonds is 6. The fourth-order valence-electron chi connectivity index (χ4n) is 1.70. The van der Waals surface area contributed by atoms with E-state index in [-0.39, 0.29) is 0 Å². The van der Waals surface area contributed by atoms with E-state index in [9.17, 15) is 0 Å². The van der Waals surface area contributed by atoms with Crippen LogP contribution in [0.4, 0.5) is 0 Å². The molecule has 0 bridgehead atoms. The summed E-state index contributed by atoms with van der Waals surface area (Å²) in [4.78, 5) is 4.12. The zero-order valence-electron chi connectivity index (χ0n) is 12.1. The molecule has 0 saturated heterocycles. The van der Waals surface area contributed by atoms with Crippen molar-refractivity contribution < 1.29 is 4.74 Å². The quantitative estimate of drug-likeness (QED) is 0.581. The van der Waals surface area contributed by atoms with Crippen molar-refractivity contribution in [3.8, 4) is 11.3 Å². The highest BCUT2D eigenvalue weighted by Crippen LogP contribution is 2.25. The summed E-state index contributed by atoms with van der Waals surface area (Å²) in [5.74, 6) is 0. The Kier molecular flexibility index (Phi) is 5.12. The first-order valence-electron chi connectivity index (χ1n) is 6.67. The normalized spacial score (nSPS) is 11.8. The minimum Gasteiger partial charge on any atom is -0.360 e. The number of aromatic nitrogens is 3. The van der Waals surface area contributed by atoms with Crippen LogP contribution in [-0.4, -0.2) is 29.4 Å². The first-order chi connectivity index (χ1) is 9.46. The molecule has 2 aromatic heterocycles. The summed E-state index contributed by atoms with van der Waals surface area (Å²) in [6, 6.07) is 5.08. The lowest BCUT2D eigenvalue weighted by atomic mass is 10.2. The fourth-order valence-corrected chi connectivity index (χ4v) is 3.00. The monoisotopic (exact) mass is 353 g/mol. The van der Waals surface area contributed by atoms with E-state index in [2.05, 4.69) is 45.7 Å². The summed E-state index contributed by atoms with van der Waals surface area (Å²) >= 11 is 3.53. The van der Waals surface area contributed by atoms with Crippen LogP contribution in [0, 0.1) is 0 Å². The van der Waals surface area contributed by atoms with Gasteiger partial charge in [-0.15, -0.1) is 0 Å². The lowest BCUT2D eigenvalue weighted by molar-refractivity contribution is 0.0787. The molecule has 20 heavy (non-hydrogen) atoms. The molecule has 6 heteroatoms. The summed E-state index contributed by atoms with van der Waals surface area (Å²) in [6.07, 6.45) is 5.51. The van der Waals surface area contributed by atoms with Crippen LogP contribution >= 0.6 is 15.9 Å². The van der Waals surface area contributed by atoms with Gasteiger partial charge in [-0.1, -0.05) is 19.6 Å². The lowest BCUT2D eigenvalue weighted by Gasteiger charge is -2.15. The molecule has 0 unspecified atom stereocenters. The molecule has 0 spiro atoms. The van der Waals surface area contributed by atoms with Gasteiger partial charge in [0, 0.05) is 38.8 Å². The molecular formula is C14H20BrN3OSi. The highest BCUT2D eigenvalue weighted by molar-refractivity contribution is 9.10. The first-order valence-corrected chi connectivity index (χ1v) is 11.2. The van der Waals surface area contributed by atoms with E-state index in [0.717, 1.165) is 22.3 Å². The van der Waals surface area contributed by atoms with Crippen molar-refractivity contribution in [1.82, 2.24) is 14.8 Å². The number of hydrogen-bond donors (Lipinski definition) is 0. The SMILES string of the molecule is C[Si](C)(C)CCOCn1cc(Br)c(-c2cccnc2)n1. The second kappa shape index (κ2) is 6.65. The van der Waals surface area contributed by atoms with E-state index >= 15 is 0 Å². The Bertz CT molecular complexity index is 551. The van der Waals surface area contributed by atoms with Crippen molar-refractivity contribution in [1.29, 1.82) is 0 Å². The minimum atomic E-state index is -1.03. The maximum absolute atomic E-state index is 5.70. The van der Waals surface area contributed by atoms with Crippen molar-refractivity contribution in [2.45, 2.75) is 32.4 Å². The van der Waals surface area contributed by atoms with Gasteiger partial charge in [0.05, 0.1) is 4.47 Å². The number of halogens is 1. The highest BCUT2D eigenvalue weighted by atomic mass is 79.9. The molecule has 0 amide bonds. The van der Waals surface area contributed by atoms with Crippen LogP contribution in [0.1, 0.15) is 0 Å². The molecule has 0 atom stereocenters. The Morgan fingerprint density at radius 3 is 2.80 bits per heavy atom. The standard InChI is InChI=1S/C14H20BrN3OSi/c1-20(2,3)8-7-19-11-18-10-13(15)14(17-18)12-5-4-6-16-9-12/h4-6,9-10H,7-8,11H2,1-3H3. The van der Waals surface area contributed by atoms with E-state index in [4.69, 9.17) is 4.74 Å². The van der Waals surface area contributed by atoms with Crippen LogP contribution < -0.4 is 0 Å². The Morgan fingerprint density at radius 2 is 2.15 bits per heavy atom. The summed E-state index contributed by atoms with van der Waals surface area (Å²) in [6.45, 7) is 8.34. The molecule has 2 aromatic rings. The Morgan fingerprint density at radius 1 is 1.35 bits per heavy atom. The minimum absolute atomic E-state index is 0.489. The zero-order chi connectivity index (χ0) is 14.6. The fraction of sp³-hybridized carbons (Fsp3) is 0.429. The van der Waals surface area contributed by atoms with E-state index in [1.54, 1.807) is 6.20 Å². The predicted molar refractivity (Wildman–Crippen MR) is 87.3 cm³/mol. The number of hydrogen-bond acceptors (Lipinski definition) is 3. The van der Waals surface area contributed by atoms with Crippen molar-refractivity contribution in [3.63, 3.8) is 0 Å². The summed E-state index contributed by atoms with van der Waals surface area (Å²) in [7, 11) is -1.03. The van der Waals surface area contributed by atoms with Gasteiger partial charge in [-0.2, -0.15) is 5.10 Å². The third kappa shape index (κ3) is 4.54. The third-order valence-corrected chi connectivity index (χ3v) is 5.16. The molecule has 0 aliphatic rings. The number of ether oxygens (including phenoxy) is 1. The van der Waals surface area contributed by atoms with Crippen molar-refractivity contribution in [3.05, 3.63) is 35.2 Å². The molecule has 0 N–H and O–H groups in total. The molecule has 0 fully saturated rings. The molecule has 2 heterocycles. The van der Waals surface area contributed by atoms with Gasteiger partial charge in [0.15, 0.2) is 0 Å². The molecule has 0 aliphatic carbocycles. The molecule has 0 saturated carbocycles. The maximum atomic E-state index is 5.70. The van der Waals surface area contributed by atoms with Crippen molar-refractivity contribution in [2.75, 3.05) is 6.61 Å². The Labute approximate surface area is 129 Å². The number of nitrogens with zero attached hydrogens (tertiary/aromatic N) is 3. The van der Waals surface area contributed by atoms with Crippen LogP contribution in [0.25, 0.3) is 11.3 Å². The van der Waals surface area contributed by atoms with E-state index < -0.39 is 8.07 Å². The second-order valence-corrected chi connectivity index (χ2v) is 12.4. The van der Waals surface area contributed by atoms with Gasteiger partial charge >= 0.3 is 0 Å². The van der Waals surface area contributed by atoms with E-state index in [0.29, 0.717) is 6.73 Å². The summed E-state index contributed by atoms with van der Waals surface area (Å²) in [5, 5.41) is 4.53. The van der Waals surface area contributed by atoms with Crippen LogP contribution in [0.5, 0.6) is 0 Å². The van der Waals surface area contributed by atoms with Crippen LogP contribution in [-0.2, 0) is 11.5 Å². The van der Waals surface area contributed by atoms with Crippen molar-refractivity contribution in [2.24, 2.45) is 0 Å². The molecule has 0 aromatic carbocycles. The number of pyridine rings is 1. The lowest BCUT2D eigenvalue weighted by Crippen LogP contribution is -2.22. The van der Waals surface area contributed by atoms with Gasteiger partial charge in [0.1, 0.15) is 12.4 Å². The van der Waals surface area contributed by atoms with Gasteiger partial charge in [0.2, 0.25) is 0 Å². The topological polar surface area (TPSA) is 39.9 Å². The van der Waals surface area contributed by atoms with Crippen molar-refractivity contribution >= 4 is 24.0 Å². The van der Waals surface area contributed by atoms with Gasteiger partial charge in [0.25, 0.3) is 0 Å². The van der Waals surface area contributed by atoms with Gasteiger partial charge < -0.3 is 4.74 Å². The summed E-state index contributed by atoms with van der Waals surface area (Å²) < 4.78 is 8.47. The van der Waals surface area contributed by atoms with Gasteiger partial charge in [-0.3, -0.25) is 4.98 Å². The average Bonchev–Trinajstić information content (AvgIpc) is 2.76. The van der Waals surface area contributed by atoms with Crippen LogP contribution in [0.2, 0.25) is 25.7 Å². The smallest absolute Gasteiger partial charge is 0.139 e. The molecule has 0 aliphatic heterocycles. The molecule has 108 valence electrons. The van der Waals surface area contributed by atoms with E-state index in [1.807, 2.05) is 29.2 Å². The maximum Gasteiger partial charge on any atom is 0.139 e. The summed E-state index contributed by atoms with van der Waals surface area (Å²) in [5.41, 5.74) is 1.90. The molecule has 4 nitrogen and oxygen atoms in total. The largest absolute Gasteiger partial charge is 0.360 e.